The van der Waals surface area contributed by atoms with Gasteiger partial charge in [-0.2, -0.15) is 0 Å². The van der Waals surface area contributed by atoms with Gasteiger partial charge in [-0.15, -0.1) is 0 Å². The molecule has 25 heavy (non-hydrogen) atoms. The van der Waals surface area contributed by atoms with Crippen molar-refractivity contribution in [2.45, 2.75) is 6.92 Å². The zero-order valence-corrected chi connectivity index (χ0v) is 15.8. The van der Waals surface area contributed by atoms with Gasteiger partial charge in [-0.05, 0) is 58.5 Å². The van der Waals surface area contributed by atoms with E-state index in [1.807, 2.05) is 48.5 Å². The van der Waals surface area contributed by atoms with E-state index in [0.717, 1.165) is 26.1 Å². The Balaban J connectivity index is 0.000000236. The number of nitrogens with one attached hydrogen (secondary N) is 1. The second kappa shape index (κ2) is 9.17. The van der Waals surface area contributed by atoms with E-state index < -0.39 is 0 Å². The number of halogens is 2. The summed E-state index contributed by atoms with van der Waals surface area (Å²) in [7, 11) is 0. The fraction of sp³-hybridized carbons (Fsp3) is 0.0500. The molecule has 0 aromatic heterocycles. The van der Waals surface area contributed by atoms with Crippen molar-refractivity contribution >= 4 is 39.9 Å². The van der Waals surface area contributed by atoms with Crippen LogP contribution in [0.25, 0.3) is 11.1 Å². The average molecular weight is 448 g/mol. The third-order valence-corrected chi connectivity index (χ3v) is 4.28. The number of para-hydroxylation sites is 2. The van der Waals surface area contributed by atoms with Crippen LogP contribution in [-0.4, -0.2) is 5.91 Å². The summed E-state index contributed by atoms with van der Waals surface area (Å²) in [5.41, 5.74) is 8.84. The van der Waals surface area contributed by atoms with Gasteiger partial charge in [0, 0.05) is 27.4 Å². The van der Waals surface area contributed by atoms with E-state index >= 15 is 0 Å². The number of nitrogens with two attached hydrogens (primary N) is 1. The molecule has 3 N–H and O–H groups in total. The number of hydrogen-bond acceptors (Lipinski definition) is 2. The Bertz CT molecular complexity index is 829. The van der Waals surface area contributed by atoms with Crippen LogP contribution in [0.2, 0.25) is 0 Å². The van der Waals surface area contributed by atoms with E-state index in [0.29, 0.717) is 0 Å². The Morgan fingerprint density at radius 2 is 1.56 bits per heavy atom. The van der Waals surface area contributed by atoms with Gasteiger partial charge in [0.05, 0.1) is 0 Å². The van der Waals surface area contributed by atoms with Crippen molar-refractivity contribution in [2.24, 2.45) is 0 Å². The predicted octanol–water partition coefficient (Wildman–Crippen LogP) is 5.32. The van der Waals surface area contributed by atoms with Crippen molar-refractivity contribution < 1.29 is 9.18 Å². The minimum Gasteiger partial charge on any atom is -0.398 e. The molecule has 0 spiro atoms. The average Bonchev–Trinajstić information content (AvgIpc) is 2.59. The fourth-order valence-electron chi connectivity index (χ4n) is 2.14. The Hall–Kier alpha value is -2.41. The van der Waals surface area contributed by atoms with Crippen molar-refractivity contribution in [3.05, 3.63) is 82.2 Å². The summed E-state index contributed by atoms with van der Waals surface area (Å²) in [6.07, 6.45) is 0. The highest BCUT2D eigenvalue weighted by molar-refractivity contribution is 14.1. The molecular weight excluding hydrogens is 430 g/mol. The highest BCUT2D eigenvalue weighted by Crippen LogP contribution is 2.27. The summed E-state index contributed by atoms with van der Waals surface area (Å²) in [4.78, 5) is 11.1. The Kier molecular flexibility index (Phi) is 6.94. The van der Waals surface area contributed by atoms with Crippen molar-refractivity contribution in [3.63, 3.8) is 0 Å². The minimum absolute atomic E-state index is 0.125. The molecule has 3 aromatic rings. The predicted molar refractivity (Wildman–Crippen MR) is 110 cm³/mol. The van der Waals surface area contributed by atoms with Crippen LogP contribution < -0.4 is 11.1 Å². The number of hydrogen-bond donors (Lipinski definition) is 2. The molecule has 1 amide bonds. The maximum Gasteiger partial charge on any atom is 0.221 e. The molecule has 5 heteroatoms. The molecule has 0 saturated carbocycles. The SMILES string of the molecule is CC(=O)Nc1ccccc1-c1ccc(F)cc1.Nc1ccccc1I. The standard InChI is InChI=1S/C14H12FNO.C6H6IN/c1-10(17)16-14-5-3-2-4-13(14)11-6-8-12(15)9-7-11;7-5-3-1-2-4-6(5)8/h2-9H,1H3,(H,16,17);1-4H,8H2. The lowest BCUT2D eigenvalue weighted by Gasteiger charge is -2.09. The fourth-order valence-corrected chi connectivity index (χ4v) is 2.53. The molecule has 0 aliphatic heterocycles. The molecule has 0 aliphatic rings. The molecule has 0 unspecified atom stereocenters. The van der Waals surface area contributed by atoms with Gasteiger partial charge in [-0.3, -0.25) is 4.79 Å². The van der Waals surface area contributed by atoms with Gasteiger partial charge >= 0.3 is 0 Å². The van der Waals surface area contributed by atoms with Gasteiger partial charge < -0.3 is 11.1 Å². The van der Waals surface area contributed by atoms with Crippen LogP contribution in [0.5, 0.6) is 0 Å². The first-order chi connectivity index (χ1) is 12.0. The normalized spacial score (nSPS) is 9.72. The summed E-state index contributed by atoms with van der Waals surface area (Å²) in [6, 6.07) is 21.4. The summed E-state index contributed by atoms with van der Waals surface area (Å²) in [5.74, 6) is -0.398. The lowest BCUT2D eigenvalue weighted by Crippen LogP contribution is -2.06. The monoisotopic (exact) mass is 448 g/mol. The number of anilines is 2. The van der Waals surface area contributed by atoms with Crippen molar-refractivity contribution in [2.75, 3.05) is 11.1 Å². The van der Waals surface area contributed by atoms with Gasteiger partial charge in [-0.1, -0.05) is 42.5 Å². The molecule has 3 rings (SSSR count). The minimum atomic E-state index is -0.272. The summed E-state index contributed by atoms with van der Waals surface area (Å²) < 4.78 is 14.0. The molecule has 0 fully saturated rings. The maximum absolute atomic E-state index is 12.8. The van der Waals surface area contributed by atoms with Crippen molar-refractivity contribution in [1.82, 2.24) is 0 Å². The summed E-state index contributed by atoms with van der Waals surface area (Å²) in [6.45, 7) is 1.46. The highest BCUT2D eigenvalue weighted by Gasteiger charge is 2.05. The molecular formula is C20H18FIN2O. The smallest absolute Gasteiger partial charge is 0.221 e. The third kappa shape index (κ3) is 5.86. The molecule has 3 nitrogen and oxygen atoms in total. The number of amides is 1. The van der Waals surface area contributed by atoms with E-state index in [4.69, 9.17) is 5.73 Å². The van der Waals surface area contributed by atoms with E-state index in [1.54, 1.807) is 12.1 Å². The van der Waals surface area contributed by atoms with Crippen LogP contribution >= 0.6 is 22.6 Å². The topological polar surface area (TPSA) is 55.1 Å². The van der Waals surface area contributed by atoms with Gasteiger partial charge in [0.1, 0.15) is 5.82 Å². The first-order valence-corrected chi connectivity index (χ1v) is 8.68. The third-order valence-electron chi connectivity index (χ3n) is 3.30. The molecule has 0 bridgehead atoms. The Labute approximate surface area is 160 Å². The summed E-state index contributed by atoms with van der Waals surface area (Å²) >= 11 is 2.20. The highest BCUT2D eigenvalue weighted by atomic mass is 127. The van der Waals surface area contributed by atoms with E-state index in [1.165, 1.54) is 19.1 Å². The van der Waals surface area contributed by atoms with Crippen LogP contribution in [0.3, 0.4) is 0 Å². The number of nitrogen functional groups attached to an aromatic ring is 1. The lowest BCUT2D eigenvalue weighted by molar-refractivity contribution is -0.114. The molecule has 0 radical (unpaired) electrons. The zero-order chi connectivity index (χ0) is 18.2. The lowest BCUT2D eigenvalue weighted by atomic mass is 10.0. The second-order valence-electron chi connectivity index (χ2n) is 5.26. The van der Waals surface area contributed by atoms with Gasteiger partial charge in [-0.25, -0.2) is 4.39 Å². The van der Waals surface area contributed by atoms with Gasteiger partial charge in [0.2, 0.25) is 5.91 Å². The van der Waals surface area contributed by atoms with Gasteiger partial charge in [0.25, 0.3) is 0 Å². The van der Waals surface area contributed by atoms with Crippen LogP contribution in [0.4, 0.5) is 15.8 Å². The molecule has 0 saturated heterocycles. The summed E-state index contributed by atoms with van der Waals surface area (Å²) in [5, 5.41) is 2.75. The molecule has 0 atom stereocenters. The second-order valence-corrected chi connectivity index (χ2v) is 6.42. The van der Waals surface area contributed by atoms with Crippen LogP contribution in [-0.2, 0) is 4.79 Å². The number of benzene rings is 3. The first-order valence-electron chi connectivity index (χ1n) is 7.60. The first kappa shape index (κ1) is 18.9. The molecule has 0 aliphatic carbocycles. The molecule has 3 aromatic carbocycles. The van der Waals surface area contributed by atoms with Crippen LogP contribution in [0, 0.1) is 9.39 Å². The van der Waals surface area contributed by atoms with E-state index in [9.17, 15) is 9.18 Å². The van der Waals surface area contributed by atoms with E-state index in [-0.39, 0.29) is 11.7 Å². The largest absolute Gasteiger partial charge is 0.398 e. The van der Waals surface area contributed by atoms with Crippen molar-refractivity contribution in [3.8, 4) is 11.1 Å². The quantitative estimate of drug-likeness (QED) is 0.412. The van der Waals surface area contributed by atoms with Crippen LogP contribution in [0.1, 0.15) is 6.92 Å². The van der Waals surface area contributed by atoms with Gasteiger partial charge in [0.15, 0.2) is 0 Å². The Morgan fingerprint density at radius 1 is 0.960 bits per heavy atom. The van der Waals surface area contributed by atoms with Crippen molar-refractivity contribution in [1.29, 1.82) is 0 Å². The number of rotatable bonds is 2. The van der Waals surface area contributed by atoms with Crippen LogP contribution in [0.15, 0.2) is 72.8 Å². The number of carbonyl (C=O) groups is 1. The maximum atomic E-state index is 12.8. The molecule has 128 valence electrons. The Morgan fingerprint density at radius 3 is 2.12 bits per heavy atom. The molecule has 0 heterocycles. The van der Waals surface area contributed by atoms with E-state index in [2.05, 4.69) is 27.9 Å². The number of carbonyl (C=O) groups excluding carboxylic acids is 1. The zero-order valence-electron chi connectivity index (χ0n) is 13.7.